The third-order valence-electron chi connectivity index (χ3n) is 7.74. The van der Waals surface area contributed by atoms with Gasteiger partial charge >= 0.3 is 0 Å². The molecule has 2 amide bonds. The monoisotopic (exact) mass is 484 g/mol. The molecule has 1 aromatic heterocycles. The Morgan fingerprint density at radius 2 is 1.89 bits per heavy atom. The molecule has 35 heavy (non-hydrogen) atoms. The number of likely N-dealkylation sites (N-methyl/N-ethyl adjacent to an activating group) is 1. The maximum atomic E-state index is 14.6. The molecule has 0 bridgehead atoms. The summed E-state index contributed by atoms with van der Waals surface area (Å²) in [6.45, 7) is 7.78. The van der Waals surface area contributed by atoms with Crippen LogP contribution in [0.3, 0.4) is 0 Å². The number of furan rings is 1. The highest BCUT2D eigenvalue weighted by molar-refractivity contribution is 5.95. The molecule has 2 unspecified atom stereocenters. The van der Waals surface area contributed by atoms with E-state index in [0.717, 1.165) is 25.7 Å². The van der Waals surface area contributed by atoms with Gasteiger partial charge in [0.25, 0.3) is 5.91 Å². The molecule has 2 aliphatic heterocycles. The van der Waals surface area contributed by atoms with Crippen LogP contribution in [0.2, 0.25) is 0 Å². The van der Waals surface area contributed by atoms with Crippen LogP contribution in [0, 0.1) is 24.6 Å². The fourth-order valence-electron chi connectivity index (χ4n) is 5.66. The van der Waals surface area contributed by atoms with Crippen LogP contribution in [0.4, 0.5) is 4.39 Å². The van der Waals surface area contributed by atoms with Crippen molar-refractivity contribution in [3.05, 3.63) is 59.3 Å². The van der Waals surface area contributed by atoms with Crippen LogP contribution in [-0.4, -0.2) is 60.0 Å². The fourth-order valence-corrected chi connectivity index (χ4v) is 5.66. The molecular formula is C28H37FN2O4. The Labute approximate surface area is 207 Å². The number of carbonyl (C=O) groups is 2. The maximum Gasteiger partial charge on any atom is 0.257 e. The summed E-state index contributed by atoms with van der Waals surface area (Å²) in [6, 6.07) is 8.26. The molecule has 3 heterocycles. The summed E-state index contributed by atoms with van der Waals surface area (Å²) in [5.74, 6) is 0.562. The second-order valence-electron chi connectivity index (χ2n) is 10.6. The Bertz CT molecular complexity index is 1040. The number of hydrogen-bond donors (Lipinski definition) is 0. The molecule has 0 N–H and O–H groups in total. The lowest BCUT2D eigenvalue weighted by atomic mass is 9.83. The van der Waals surface area contributed by atoms with Crippen molar-refractivity contribution >= 4 is 11.8 Å². The fraction of sp³-hybridized carbons (Fsp3) is 0.571. The molecule has 2 aromatic rings. The first-order valence-corrected chi connectivity index (χ1v) is 12.6. The third-order valence-corrected chi connectivity index (χ3v) is 7.74. The normalized spacial score (nSPS) is 21.5. The molecule has 0 spiro atoms. The Balaban J connectivity index is 1.48. The largest absolute Gasteiger partial charge is 0.469 e. The number of carbonyl (C=O) groups excluding carboxylic acids is 2. The second-order valence-corrected chi connectivity index (χ2v) is 10.6. The summed E-state index contributed by atoms with van der Waals surface area (Å²) in [6.07, 6.45) is 5.00. The van der Waals surface area contributed by atoms with Crippen LogP contribution in [0.5, 0.6) is 0 Å². The zero-order valence-corrected chi connectivity index (χ0v) is 21.3. The van der Waals surface area contributed by atoms with E-state index in [1.165, 1.54) is 12.3 Å². The van der Waals surface area contributed by atoms with Crippen molar-refractivity contribution < 1.29 is 23.1 Å². The van der Waals surface area contributed by atoms with Gasteiger partial charge < -0.3 is 19.0 Å². The number of ether oxygens (including phenoxy) is 1. The lowest BCUT2D eigenvalue weighted by molar-refractivity contribution is -0.147. The van der Waals surface area contributed by atoms with Gasteiger partial charge in [-0.05, 0) is 76.5 Å². The van der Waals surface area contributed by atoms with E-state index >= 15 is 0 Å². The number of benzene rings is 1. The van der Waals surface area contributed by atoms with E-state index in [9.17, 15) is 14.0 Å². The molecule has 2 saturated heterocycles. The molecule has 2 fully saturated rings. The van der Waals surface area contributed by atoms with Crippen molar-refractivity contribution in [2.45, 2.75) is 64.5 Å². The summed E-state index contributed by atoms with van der Waals surface area (Å²) in [5.41, 5.74) is 0.862. The van der Waals surface area contributed by atoms with Crippen molar-refractivity contribution in [2.24, 2.45) is 11.8 Å². The predicted octanol–water partition coefficient (Wildman–Crippen LogP) is 4.85. The van der Waals surface area contributed by atoms with Crippen LogP contribution in [0.25, 0.3) is 0 Å². The highest BCUT2D eigenvalue weighted by Gasteiger charge is 2.38. The van der Waals surface area contributed by atoms with Gasteiger partial charge in [0, 0.05) is 38.7 Å². The number of rotatable bonds is 6. The van der Waals surface area contributed by atoms with E-state index in [-0.39, 0.29) is 41.1 Å². The van der Waals surface area contributed by atoms with Crippen LogP contribution in [0.1, 0.15) is 61.2 Å². The number of aryl methyl sites for hydroxylation is 1. The summed E-state index contributed by atoms with van der Waals surface area (Å²) >= 11 is 0. The molecule has 0 radical (unpaired) electrons. The molecule has 6 nitrogen and oxygen atoms in total. The number of likely N-dealkylation sites (tertiary alicyclic amines) is 1. The first-order chi connectivity index (χ1) is 16.7. The van der Waals surface area contributed by atoms with Gasteiger partial charge in [0.15, 0.2) is 0 Å². The van der Waals surface area contributed by atoms with Crippen LogP contribution < -0.4 is 0 Å². The van der Waals surface area contributed by atoms with E-state index in [2.05, 4.69) is 0 Å². The topological polar surface area (TPSA) is 63.0 Å². The van der Waals surface area contributed by atoms with Gasteiger partial charge in [0.05, 0.1) is 17.4 Å². The Morgan fingerprint density at radius 1 is 1.17 bits per heavy atom. The highest BCUT2D eigenvalue weighted by Crippen LogP contribution is 2.33. The number of amides is 2. The average molecular weight is 485 g/mol. The van der Waals surface area contributed by atoms with Gasteiger partial charge in [-0.25, -0.2) is 4.39 Å². The summed E-state index contributed by atoms with van der Waals surface area (Å²) in [5, 5.41) is 0. The lowest BCUT2D eigenvalue weighted by Gasteiger charge is -2.42. The smallest absolute Gasteiger partial charge is 0.257 e. The molecule has 2 atom stereocenters. The van der Waals surface area contributed by atoms with Crippen molar-refractivity contribution in [2.75, 3.05) is 26.7 Å². The van der Waals surface area contributed by atoms with E-state index in [1.54, 1.807) is 37.1 Å². The quantitative estimate of drug-likeness (QED) is 0.588. The average Bonchev–Trinajstić information content (AvgIpc) is 3.27. The lowest BCUT2D eigenvalue weighted by Crippen LogP contribution is -2.50. The predicted molar refractivity (Wildman–Crippen MR) is 131 cm³/mol. The minimum Gasteiger partial charge on any atom is -0.469 e. The summed E-state index contributed by atoms with van der Waals surface area (Å²) in [7, 11) is 1.79. The van der Waals surface area contributed by atoms with Crippen molar-refractivity contribution in [1.82, 2.24) is 9.80 Å². The number of hydrogen-bond acceptors (Lipinski definition) is 4. The Hall–Kier alpha value is -2.67. The van der Waals surface area contributed by atoms with E-state index in [1.807, 2.05) is 24.8 Å². The molecule has 190 valence electrons. The van der Waals surface area contributed by atoms with Gasteiger partial charge in [0.1, 0.15) is 11.6 Å². The van der Waals surface area contributed by atoms with E-state index in [4.69, 9.17) is 9.15 Å². The van der Waals surface area contributed by atoms with Crippen LogP contribution in [0.15, 0.2) is 41.0 Å². The molecule has 4 rings (SSSR count). The Kier molecular flexibility index (Phi) is 7.64. The standard InChI is InChI=1S/C28H37FN2O4/c1-19-23(12-15-34-19)27(33)30(4)25(17-21-7-5-6-8-24(21)29)20-9-13-31(14-10-20)26(32)22-11-16-35-28(2,3)18-22/h5-8,12,15,20,22,25H,9-11,13-14,16-18H2,1-4H3. The van der Waals surface area contributed by atoms with Gasteiger partial charge in [-0.3, -0.25) is 9.59 Å². The molecule has 1 aromatic carbocycles. The van der Waals surface area contributed by atoms with Crippen LogP contribution in [-0.2, 0) is 16.0 Å². The molecule has 0 saturated carbocycles. The highest BCUT2D eigenvalue weighted by atomic mass is 19.1. The van der Waals surface area contributed by atoms with Gasteiger partial charge in [-0.15, -0.1) is 0 Å². The van der Waals surface area contributed by atoms with Crippen molar-refractivity contribution in [1.29, 1.82) is 0 Å². The first-order valence-electron chi connectivity index (χ1n) is 12.6. The van der Waals surface area contributed by atoms with Crippen molar-refractivity contribution in [3.8, 4) is 0 Å². The van der Waals surface area contributed by atoms with Gasteiger partial charge in [-0.1, -0.05) is 18.2 Å². The van der Waals surface area contributed by atoms with E-state index in [0.29, 0.717) is 43.0 Å². The van der Waals surface area contributed by atoms with Crippen molar-refractivity contribution in [3.63, 3.8) is 0 Å². The zero-order chi connectivity index (χ0) is 25.2. The number of nitrogens with zero attached hydrogens (tertiary/aromatic N) is 2. The van der Waals surface area contributed by atoms with Crippen LogP contribution >= 0.6 is 0 Å². The third kappa shape index (κ3) is 5.77. The molecular weight excluding hydrogens is 447 g/mol. The number of piperidine rings is 1. The molecule has 7 heteroatoms. The van der Waals surface area contributed by atoms with Gasteiger partial charge in [-0.2, -0.15) is 0 Å². The molecule has 2 aliphatic rings. The SMILES string of the molecule is Cc1occc1C(=O)N(C)C(Cc1ccccc1F)C1CCN(C(=O)C2CCOC(C)(C)C2)CC1. The minimum absolute atomic E-state index is 0.00201. The Morgan fingerprint density at radius 3 is 2.51 bits per heavy atom. The van der Waals surface area contributed by atoms with E-state index < -0.39 is 0 Å². The maximum absolute atomic E-state index is 14.6. The number of halogens is 1. The summed E-state index contributed by atoms with van der Waals surface area (Å²) < 4.78 is 25.7. The first kappa shape index (κ1) is 25.4. The second kappa shape index (κ2) is 10.5. The van der Waals surface area contributed by atoms with Gasteiger partial charge in [0.2, 0.25) is 5.91 Å². The minimum atomic E-state index is -0.268. The molecule has 0 aliphatic carbocycles. The zero-order valence-electron chi connectivity index (χ0n) is 21.3. The summed E-state index contributed by atoms with van der Waals surface area (Å²) in [4.78, 5) is 30.3.